The fourth-order valence-corrected chi connectivity index (χ4v) is 3.81. The predicted octanol–water partition coefficient (Wildman–Crippen LogP) is 4.26. The molecule has 2 atom stereocenters. The Morgan fingerprint density at radius 3 is 2.44 bits per heavy atom. The SMILES string of the molecule is C=CC(=O)N1C[C@@H](C#N)[C@@H](Nc2nnc(-c3ccc(C(F)(F)F)cc3)c3ccccc23)C1. The molecule has 1 saturated heterocycles. The van der Waals surface area contributed by atoms with E-state index in [9.17, 15) is 23.2 Å². The summed E-state index contributed by atoms with van der Waals surface area (Å²) in [7, 11) is 0. The van der Waals surface area contributed by atoms with Crippen LogP contribution in [-0.4, -0.2) is 40.1 Å². The monoisotopic (exact) mass is 437 g/mol. The number of rotatable bonds is 4. The molecule has 0 saturated carbocycles. The number of likely N-dealkylation sites (tertiary alicyclic amines) is 1. The third kappa shape index (κ3) is 3.99. The summed E-state index contributed by atoms with van der Waals surface area (Å²) in [5.41, 5.74) is 0.220. The van der Waals surface area contributed by atoms with Crippen LogP contribution in [0.15, 0.2) is 61.2 Å². The van der Waals surface area contributed by atoms with Crippen LogP contribution < -0.4 is 5.32 Å². The quantitative estimate of drug-likeness (QED) is 0.617. The predicted molar refractivity (Wildman–Crippen MR) is 113 cm³/mol. The highest BCUT2D eigenvalue weighted by atomic mass is 19.4. The lowest BCUT2D eigenvalue weighted by molar-refractivity contribution is -0.137. The van der Waals surface area contributed by atoms with E-state index in [4.69, 9.17) is 0 Å². The number of carbonyl (C=O) groups is 1. The molecule has 1 aromatic heterocycles. The van der Waals surface area contributed by atoms with Crippen molar-refractivity contribution in [3.63, 3.8) is 0 Å². The van der Waals surface area contributed by atoms with E-state index in [1.165, 1.54) is 18.2 Å². The molecular formula is C23H18F3N5O. The van der Waals surface area contributed by atoms with Crippen molar-refractivity contribution >= 4 is 22.5 Å². The molecule has 2 aromatic carbocycles. The second-order valence-corrected chi connectivity index (χ2v) is 7.45. The highest BCUT2D eigenvalue weighted by Crippen LogP contribution is 2.34. The molecule has 32 heavy (non-hydrogen) atoms. The zero-order valence-electron chi connectivity index (χ0n) is 16.8. The molecule has 0 spiro atoms. The fraction of sp³-hybridized carbons (Fsp3) is 0.217. The van der Waals surface area contributed by atoms with E-state index < -0.39 is 17.7 Å². The summed E-state index contributed by atoms with van der Waals surface area (Å²) in [5.74, 6) is -0.244. The van der Waals surface area contributed by atoms with Crippen molar-refractivity contribution < 1.29 is 18.0 Å². The average molecular weight is 437 g/mol. The molecule has 4 rings (SSSR count). The Kier molecular flexibility index (Phi) is 5.53. The molecule has 2 heterocycles. The second kappa shape index (κ2) is 8.30. The van der Waals surface area contributed by atoms with Crippen LogP contribution in [0.2, 0.25) is 0 Å². The number of anilines is 1. The molecule has 0 unspecified atom stereocenters. The Balaban J connectivity index is 1.68. The molecule has 9 heteroatoms. The van der Waals surface area contributed by atoms with Crippen LogP contribution >= 0.6 is 0 Å². The maximum Gasteiger partial charge on any atom is 0.416 e. The molecule has 0 bridgehead atoms. The van der Waals surface area contributed by atoms with Gasteiger partial charge in [-0.25, -0.2) is 0 Å². The van der Waals surface area contributed by atoms with Crippen LogP contribution in [0.4, 0.5) is 19.0 Å². The van der Waals surface area contributed by atoms with Gasteiger partial charge < -0.3 is 10.2 Å². The largest absolute Gasteiger partial charge is 0.416 e. The van der Waals surface area contributed by atoms with Gasteiger partial charge in [0.1, 0.15) is 5.69 Å². The van der Waals surface area contributed by atoms with Crippen LogP contribution in [0.3, 0.4) is 0 Å². The standard InChI is InChI=1S/C23H18F3N5O/c1-2-20(32)31-12-15(11-27)19(13-31)28-22-18-6-4-3-5-17(18)21(29-30-22)14-7-9-16(10-8-14)23(24,25)26/h2-10,15,19H,1,12-13H2,(H,28,30)/t15-,19+/m1/s1. The number of carbonyl (C=O) groups excluding carboxylic acids is 1. The number of amides is 1. The molecule has 1 fully saturated rings. The molecule has 0 radical (unpaired) electrons. The first kappa shape index (κ1) is 21.3. The van der Waals surface area contributed by atoms with Gasteiger partial charge in [0.05, 0.1) is 23.6 Å². The third-order valence-electron chi connectivity index (χ3n) is 5.47. The smallest absolute Gasteiger partial charge is 0.362 e. The highest BCUT2D eigenvalue weighted by Gasteiger charge is 2.35. The van der Waals surface area contributed by atoms with Crippen LogP contribution in [0.25, 0.3) is 22.0 Å². The number of fused-ring (bicyclic) bond motifs is 1. The van der Waals surface area contributed by atoms with Gasteiger partial charge in [-0.3, -0.25) is 4.79 Å². The van der Waals surface area contributed by atoms with E-state index in [0.29, 0.717) is 34.4 Å². The first-order chi connectivity index (χ1) is 15.3. The minimum absolute atomic E-state index is 0.247. The van der Waals surface area contributed by atoms with Crippen LogP contribution in [0.1, 0.15) is 5.56 Å². The lowest BCUT2D eigenvalue weighted by Gasteiger charge is -2.18. The van der Waals surface area contributed by atoms with Gasteiger partial charge in [0, 0.05) is 29.4 Å². The van der Waals surface area contributed by atoms with Crippen molar-refractivity contribution in [2.45, 2.75) is 12.2 Å². The van der Waals surface area contributed by atoms with Crippen molar-refractivity contribution in [3.8, 4) is 17.3 Å². The van der Waals surface area contributed by atoms with Crippen LogP contribution in [0, 0.1) is 17.2 Å². The van der Waals surface area contributed by atoms with Crippen molar-refractivity contribution in [2.75, 3.05) is 18.4 Å². The first-order valence-corrected chi connectivity index (χ1v) is 9.82. The minimum atomic E-state index is -4.42. The molecule has 1 aliphatic rings. The number of alkyl halides is 3. The average Bonchev–Trinajstić information content (AvgIpc) is 3.21. The Labute approximate surface area is 182 Å². The lowest BCUT2D eigenvalue weighted by atomic mass is 10.0. The van der Waals surface area contributed by atoms with E-state index in [1.54, 1.807) is 11.0 Å². The molecule has 3 aromatic rings. The zero-order chi connectivity index (χ0) is 22.9. The number of benzene rings is 2. The van der Waals surface area contributed by atoms with Crippen molar-refractivity contribution in [1.82, 2.24) is 15.1 Å². The summed E-state index contributed by atoms with van der Waals surface area (Å²) in [6, 6.07) is 13.9. The molecular weight excluding hydrogens is 419 g/mol. The first-order valence-electron chi connectivity index (χ1n) is 9.82. The van der Waals surface area contributed by atoms with E-state index in [-0.39, 0.29) is 18.5 Å². The van der Waals surface area contributed by atoms with Gasteiger partial charge in [0.25, 0.3) is 0 Å². The third-order valence-corrected chi connectivity index (χ3v) is 5.47. The summed E-state index contributed by atoms with van der Waals surface area (Å²) < 4.78 is 38.7. The Morgan fingerprint density at radius 2 is 1.81 bits per heavy atom. The topological polar surface area (TPSA) is 81.9 Å². The summed E-state index contributed by atoms with van der Waals surface area (Å²) in [6.07, 6.45) is -3.20. The van der Waals surface area contributed by atoms with E-state index in [0.717, 1.165) is 12.1 Å². The Morgan fingerprint density at radius 1 is 1.12 bits per heavy atom. The van der Waals surface area contributed by atoms with Gasteiger partial charge in [-0.2, -0.15) is 18.4 Å². The number of nitrogens with one attached hydrogen (secondary N) is 1. The van der Waals surface area contributed by atoms with E-state index in [1.807, 2.05) is 18.2 Å². The summed E-state index contributed by atoms with van der Waals surface area (Å²) in [5, 5.41) is 22.7. The lowest BCUT2D eigenvalue weighted by Crippen LogP contribution is -2.31. The van der Waals surface area contributed by atoms with Crippen molar-refractivity contribution in [3.05, 3.63) is 66.7 Å². The van der Waals surface area contributed by atoms with Gasteiger partial charge in [-0.05, 0) is 18.2 Å². The molecule has 6 nitrogen and oxygen atoms in total. The minimum Gasteiger partial charge on any atom is -0.362 e. The van der Waals surface area contributed by atoms with Gasteiger partial charge in [-0.15, -0.1) is 10.2 Å². The number of nitrogens with zero attached hydrogens (tertiary/aromatic N) is 4. The summed E-state index contributed by atoms with van der Waals surface area (Å²) >= 11 is 0. The molecule has 162 valence electrons. The molecule has 1 aliphatic heterocycles. The van der Waals surface area contributed by atoms with Crippen LogP contribution in [0.5, 0.6) is 0 Å². The Hall–Kier alpha value is -3.93. The maximum absolute atomic E-state index is 12.9. The van der Waals surface area contributed by atoms with Crippen molar-refractivity contribution in [1.29, 1.82) is 5.26 Å². The number of aromatic nitrogens is 2. The number of hydrogen-bond donors (Lipinski definition) is 1. The number of hydrogen-bond acceptors (Lipinski definition) is 5. The van der Waals surface area contributed by atoms with Crippen molar-refractivity contribution in [2.24, 2.45) is 5.92 Å². The molecule has 1 amide bonds. The highest BCUT2D eigenvalue weighted by molar-refractivity contribution is 6.00. The number of halogens is 3. The van der Waals surface area contributed by atoms with Gasteiger partial charge in [-0.1, -0.05) is 43.0 Å². The Bertz CT molecular complexity index is 1220. The van der Waals surface area contributed by atoms with Gasteiger partial charge in [0.2, 0.25) is 5.91 Å². The fourth-order valence-electron chi connectivity index (χ4n) is 3.81. The second-order valence-electron chi connectivity index (χ2n) is 7.45. The number of nitriles is 1. The van der Waals surface area contributed by atoms with E-state index in [2.05, 4.69) is 28.2 Å². The summed E-state index contributed by atoms with van der Waals surface area (Å²) in [6.45, 7) is 4.09. The normalized spacial score (nSPS) is 18.4. The maximum atomic E-state index is 12.9. The molecule has 1 N–H and O–H groups in total. The van der Waals surface area contributed by atoms with Gasteiger partial charge >= 0.3 is 6.18 Å². The van der Waals surface area contributed by atoms with Gasteiger partial charge in [0.15, 0.2) is 5.82 Å². The van der Waals surface area contributed by atoms with Crippen LogP contribution in [-0.2, 0) is 11.0 Å². The zero-order valence-corrected chi connectivity index (χ0v) is 16.8. The molecule has 0 aliphatic carbocycles. The van der Waals surface area contributed by atoms with E-state index >= 15 is 0 Å². The summed E-state index contributed by atoms with van der Waals surface area (Å²) in [4.78, 5) is 13.5.